The summed E-state index contributed by atoms with van der Waals surface area (Å²) in [5, 5.41) is 0. The minimum Gasteiger partial charge on any atom is -0.212 e. The number of sulfonamides is 1. The van der Waals surface area contributed by atoms with Crippen LogP contribution in [0.5, 0.6) is 0 Å². The standard InChI is InChI=1S/C15H23NO2S2/c1-13(15-6-4-3-5-7-15)12-20(17,18)16-9-8-14(10-16)11-19-2/h3-7,13-14H,8-12H2,1-2H3/t13-,14+/m0/s1. The lowest BCUT2D eigenvalue weighted by Gasteiger charge is -2.19. The topological polar surface area (TPSA) is 37.4 Å². The van der Waals surface area contributed by atoms with E-state index in [4.69, 9.17) is 0 Å². The van der Waals surface area contributed by atoms with E-state index in [0.717, 1.165) is 17.7 Å². The fourth-order valence-electron chi connectivity index (χ4n) is 2.72. The van der Waals surface area contributed by atoms with Crippen LogP contribution in [-0.4, -0.2) is 43.6 Å². The van der Waals surface area contributed by atoms with Gasteiger partial charge in [-0.25, -0.2) is 12.7 Å². The summed E-state index contributed by atoms with van der Waals surface area (Å²) in [6.45, 7) is 3.38. The van der Waals surface area contributed by atoms with E-state index in [0.29, 0.717) is 19.0 Å². The molecule has 1 aliphatic heterocycles. The van der Waals surface area contributed by atoms with Crippen molar-refractivity contribution in [3.05, 3.63) is 35.9 Å². The number of rotatable bonds is 6. The quantitative estimate of drug-likeness (QED) is 0.810. The highest BCUT2D eigenvalue weighted by molar-refractivity contribution is 7.98. The third-order valence-corrected chi connectivity index (χ3v) is 6.72. The van der Waals surface area contributed by atoms with Gasteiger partial charge in [0, 0.05) is 13.1 Å². The Kier molecular flexibility index (Phi) is 5.52. The molecule has 1 aromatic carbocycles. The Balaban J connectivity index is 1.98. The van der Waals surface area contributed by atoms with Crippen LogP contribution in [0.2, 0.25) is 0 Å². The van der Waals surface area contributed by atoms with Crippen molar-refractivity contribution in [1.29, 1.82) is 0 Å². The third kappa shape index (κ3) is 3.99. The number of benzene rings is 1. The van der Waals surface area contributed by atoms with E-state index in [1.165, 1.54) is 0 Å². The first-order valence-electron chi connectivity index (χ1n) is 7.04. The van der Waals surface area contributed by atoms with Crippen molar-refractivity contribution in [3.8, 4) is 0 Å². The first-order valence-corrected chi connectivity index (χ1v) is 10.0. The molecule has 0 aromatic heterocycles. The molecule has 0 spiro atoms. The Morgan fingerprint density at radius 3 is 2.70 bits per heavy atom. The van der Waals surface area contributed by atoms with Gasteiger partial charge in [0.25, 0.3) is 0 Å². The van der Waals surface area contributed by atoms with E-state index >= 15 is 0 Å². The molecule has 0 amide bonds. The third-order valence-electron chi connectivity index (χ3n) is 3.87. The Morgan fingerprint density at radius 2 is 2.05 bits per heavy atom. The molecule has 1 aromatic rings. The second kappa shape index (κ2) is 6.96. The monoisotopic (exact) mass is 313 g/mol. The van der Waals surface area contributed by atoms with E-state index in [2.05, 4.69) is 6.26 Å². The lowest BCUT2D eigenvalue weighted by atomic mass is 10.0. The molecule has 1 fully saturated rings. The van der Waals surface area contributed by atoms with Crippen molar-refractivity contribution < 1.29 is 8.42 Å². The number of hydrogen-bond acceptors (Lipinski definition) is 3. The van der Waals surface area contributed by atoms with Gasteiger partial charge in [-0.15, -0.1) is 0 Å². The number of hydrogen-bond donors (Lipinski definition) is 0. The maximum Gasteiger partial charge on any atom is 0.214 e. The predicted molar refractivity (Wildman–Crippen MR) is 86.7 cm³/mol. The maximum absolute atomic E-state index is 12.5. The molecule has 2 rings (SSSR count). The van der Waals surface area contributed by atoms with Crippen molar-refractivity contribution in [2.45, 2.75) is 19.3 Å². The van der Waals surface area contributed by atoms with Gasteiger partial charge in [0.15, 0.2) is 0 Å². The number of thioether (sulfide) groups is 1. The van der Waals surface area contributed by atoms with Crippen molar-refractivity contribution >= 4 is 21.8 Å². The summed E-state index contributed by atoms with van der Waals surface area (Å²) in [7, 11) is -3.13. The molecule has 3 nitrogen and oxygen atoms in total. The molecule has 0 saturated carbocycles. The summed E-state index contributed by atoms with van der Waals surface area (Å²) in [5.41, 5.74) is 1.09. The highest BCUT2D eigenvalue weighted by Crippen LogP contribution is 2.25. The summed E-state index contributed by atoms with van der Waals surface area (Å²) in [5.74, 6) is 1.83. The molecule has 1 heterocycles. The fraction of sp³-hybridized carbons (Fsp3) is 0.600. The second-order valence-electron chi connectivity index (χ2n) is 5.56. The molecular formula is C15H23NO2S2. The molecule has 1 aliphatic rings. The van der Waals surface area contributed by atoms with Crippen LogP contribution in [0.3, 0.4) is 0 Å². The average Bonchev–Trinajstić information content (AvgIpc) is 2.89. The van der Waals surface area contributed by atoms with Crippen LogP contribution < -0.4 is 0 Å². The first-order chi connectivity index (χ1) is 9.53. The van der Waals surface area contributed by atoms with E-state index in [1.54, 1.807) is 16.1 Å². The molecule has 0 radical (unpaired) electrons. The minimum atomic E-state index is -3.13. The van der Waals surface area contributed by atoms with Gasteiger partial charge < -0.3 is 0 Å². The van der Waals surface area contributed by atoms with Gasteiger partial charge in [-0.3, -0.25) is 0 Å². The molecule has 0 unspecified atom stereocenters. The molecule has 1 saturated heterocycles. The lowest BCUT2D eigenvalue weighted by Crippen LogP contribution is -2.32. The lowest BCUT2D eigenvalue weighted by molar-refractivity contribution is 0.462. The summed E-state index contributed by atoms with van der Waals surface area (Å²) < 4.78 is 26.7. The second-order valence-corrected chi connectivity index (χ2v) is 8.48. The van der Waals surface area contributed by atoms with Crippen LogP contribution in [-0.2, 0) is 10.0 Å². The van der Waals surface area contributed by atoms with Gasteiger partial charge in [-0.05, 0) is 35.8 Å². The van der Waals surface area contributed by atoms with Crippen molar-refractivity contribution in [3.63, 3.8) is 0 Å². The molecule has 5 heteroatoms. The van der Waals surface area contributed by atoms with E-state index in [-0.39, 0.29) is 11.7 Å². The molecule has 0 N–H and O–H groups in total. The molecule has 2 atom stereocenters. The van der Waals surface area contributed by atoms with Crippen LogP contribution in [0, 0.1) is 5.92 Å². The zero-order valence-electron chi connectivity index (χ0n) is 12.2. The maximum atomic E-state index is 12.5. The van der Waals surface area contributed by atoms with Crippen molar-refractivity contribution in [2.75, 3.05) is 30.9 Å². The average molecular weight is 313 g/mol. The van der Waals surface area contributed by atoms with Gasteiger partial charge in [0.2, 0.25) is 10.0 Å². The van der Waals surface area contributed by atoms with Crippen molar-refractivity contribution in [2.24, 2.45) is 5.92 Å². The Hall–Kier alpha value is -0.520. The molecule has 20 heavy (non-hydrogen) atoms. The fourth-order valence-corrected chi connectivity index (χ4v) is 5.32. The zero-order valence-corrected chi connectivity index (χ0v) is 13.8. The van der Waals surface area contributed by atoms with E-state index in [1.807, 2.05) is 37.3 Å². The first kappa shape index (κ1) is 15.9. The summed E-state index contributed by atoms with van der Waals surface area (Å²) in [6.07, 6.45) is 3.08. The van der Waals surface area contributed by atoms with Gasteiger partial charge in [0.1, 0.15) is 0 Å². The smallest absolute Gasteiger partial charge is 0.212 e. The Labute approximate surface area is 126 Å². The van der Waals surface area contributed by atoms with Crippen molar-refractivity contribution in [1.82, 2.24) is 4.31 Å². The SMILES string of the molecule is CSC[C@@H]1CCN(S(=O)(=O)C[C@H](C)c2ccccc2)C1. The summed E-state index contributed by atoms with van der Waals surface area (Å²) in [4.78, 5) is 0. The normalized spacial score (nSPS) is 22.0. The van der Waals surface area contributed by atoms with Crippen LogP contribution in [0.25, 0.3) is 0 Å². The van der Waals surface area contributed by atoms with Gasteiger partial charge in [-0.1, -0.05) is 37.3 Å². The highest BCUT2D eigenvalue weighted by Gasteiger charge is 2.32. The number of nitrogens with zero attached hydrogens (tertiary/aromatic N) is 1. The van der Waals surface area contributed by atoms with Crippen LogP contribution in [0.4, 0.5) is 0 Å². The molecule has 0 aliphatic carbocycles. The molecular weight excluding hydrogens is 290 g/mol. The highest BCUT2D eigenvalue weighted by atomic mass is 32.2. The van der Waals surface area contributed by atoms with Gasteiger partial charge in [-0.2, -0.15) is 11.8 Å². The molecule has 0 bridgehead atoms. The Bertz CT molecular complexity index is 516. The zero-order chi connectivity index (χ0) is 14.6. The largest absolute Gasteiger partial charge is 0.214 e. The van der Waals surface area contributed by atoms with E-state index < -0.39 is 10.0 Å². The Morgan fingerprint density at radius 1 is 1.35 bits per heavy atom. The minimum absolute atomic E-state index is 0.0424. The van der Waals surface area contributed by atoms with Crippen LogP contribution >= 0.6 is 11.8 Å². The van der Waals surface area contributed by atoms with Gasteiger partial charge in [0.05, 0.1) is 5.75 Å². The van der Waals surface area contributed by atoms with Gasteiger partial charge >= 0.3 is 0 Å². The summed E-state index contributed by atoms with van der Waals surface area (Å²) in [6, 6.07) is 9.88. The molecule has 112 valence electrons. The van der Waals surface area contributed by atoms with E-state index in [9.17, 15) is 8.42 Å². The predicted octanol–water partition coefficient (Wildman–Crippen LogP) is 2.80. The summed E-state index contributed by atoms with van der Waals surface area (Å²) >= 11 is 1.80. The van der Waals surface area contributed by atoms with Crippen LogP contribution in [0.1, 0.15) is 24.8 Å². The van der Waals surface area contributed by atoms with Crippen LogP contribution in [0.15, 0.2) is 30.3 Å².